The van der Waals surface area contributed by atoms with Gasteiger partial charge in [0.2, 0.25) is 0 Å². The van der Waals surface area contributed by atoms with Gasteiger partial charge in [0.15, 0.2) is 0 Å². The van der Waals surface area contributed by atoms with Crippen LogP contribution in [0.15, 0.2) is 30.6 Å². The van der Waals surface area contributed by atoms with Crippen LogP contribution in [0.5, 0.6) is 0 Å². The van der Waals surface area contributed by atoms with Crippen LogP contribution in [-0.2, 0) is 17.7 Å². The normalized spacial score (nSPS) is 23.3. The Morgan fingerprint density at radius 1 is 1.10 bits per heavy atom. The minimum absolute atomic E-state index is 0.192. The zero-order valence-electron chi connectivity index (χ0n) is 16.3. The molecule has 30 heavy (non-hydrogen) atoms. The molecule has 2 aromatic heterocycles. The van der Waals surface area contributed by atoms with E-state index in [1.807, 2.05) is 18.5 Å². The van der Waals surface area contributed by atoms with Crippen molar-refractivity contribution in [2.24, 2.45) is 0 Å². The Balaban J connectivity index is 1.30. The SMILES string of the molecule is Fc1ccc2c(c1)c1c(n2SI)CCN(c2cnc(N3C4CCC3COC4)cn2)C1. The number of halogens is 2. The fourth-order valence-corrected chi connectivity index (χ4v) is 7.05. The number of hydrogen-bond donors (Lipinski definition) is 0. The number of ether oxygens (including phenoxy) is 1. The molecule has 6 rings (SSSR count). The molecule has 3 aliphatic heterocycles. The molecule has 5 heterocycles. The fraction of sp³-hybridized carbons (Fsp3) is 0.429. The van der Waals surface area contributed by atoms with E-state index in [0.29, 0.717) is 12.1 Å². The first-order valence-corrected chi connectivity index (χ1v) is 13.6. The number of benzene rings is 1. The first-order valence-electron chi connectivity index (χ1n) is 10.3. The molecular formula is C21H21FIN5OS. The lowest BCUT2D eigenvalue weighted by Gasteiger charge is -2.35. The first kappa shape index (κ1) is 19.1. The monoisotopic (exact) mass is 537 g/mol. The van der Waals surface area contributed by atoms with E-state index in [1.54, 1.807) is 15.2 Å². The Hall–Kier alpha value is -1.59. The first-order chi connectivity index (χ1) is 14.7. The second-order valence-corrected chi connectivity index (χ2v) is 9.87. The van der Waals surface area contributed by atoms with E-state index in [4.69, 9.17) is 14.7 Å². The van der Waals surface area contributed by atoms with Crippen molar-refractivity contribution in [3.63, 3.8) is 0 Å². The summed E-state index contributed by atoms with van der Waals surface area (Å²) < 4.78 is 21.9. The average Bonchev–Trinajstić information content (AvgIpc) is 3.22. The molecule has 0 amide bonds. The third-order valence-corrected chi connectivity index (χ3v) is 8.32. The van der Waals surface area contributed by atoms with Crippen molar-refractivity contribution >= 4 is 52.9 Å². The summed E-state index contributed by atoms with van der Waals surface area (Å²) in [6, 6.07) is 5.92. The molecule has 156 valence electrons. The maximum atomic E-state index is 14.0. The number of anilines is 2. The number of rotatable bonds is 3. The highest BCUT2D eigenvalue weighted by molar-refractivity contribution is 14.2. The predicted molar refractivity (Wildman–Crippen MR) is 126 cm³/mol. The van der Waals surface area contributed by atoms with Crippen molar-refractivity contribution < 1.29 is 9.13 Å². The van der Waals surface area contributed by atoms with Gasteiger partial charge in [0.25, 0.3) is 0 Å². The number of aromatic nitrogens is 3. The summed E-state index contributed by atoms with van der Waals surface area (Å²) in [7, 11) is 1.65. The van der Waals surface area contributed by atoms with Crippen LogP contribution >= 0.6 is 30.3 Å². The van der Waals surface area contributed by atoms with Crippen molar-refractivity contribution in [3.8, 4) is 0 Å². The van der Waals surface area contributed by atoms with E-state index >= 15 is 0 Å². The summed E-state index contributed by atoms with van der Waals surface area (Å²) in [5.41, 5.74) is 3.55. The molecule has 0 spiro atoms. The van der Waals surface area contributed by atoms with E-state index < -0.39 is 0 Å². The molecule has 6 nitrogen and oxygen atoms in total. The van der Waals surface area contributed by atoms with Crippen LogP contribution in [0.4, 0.5) is 16.0 Å². The molecule has 0 saturated carbocycles. The fourth-order valence-electron chi connectivity index (χ4n) is 5.18. The smallest absolute Gasteiger partial charge is 0.147 e. The van der Waals surface area contributed by atoms with Crippen LogP contribution in [0.25, 0.3) is 10.9 Å². The van der Waals surface area contributed by atoms with Gasteiger partial charge in [-0.15, -0.1) is 0 Å². The van der Waals surface area contributed by atoms with Crippen LogP contribution in [0.2, 0.25) is 0 Å². The van der Waals surface area contributed by atoms with Crippen LogP contribution in [0.3, 0.4) is 0 Å². The second-order valence-electron chi connectivity index (χ2n) is 8.18. The second kappa shape index (κ2) is 7.52. The van der Waals surface area contributed by atoms with Crippen molar-refractivity contribution in [3.05, 3.63) is 47.7 Å². The van der Waals surface area contributed by atoms with Crippen molar-refractivity contribution in [2.75, 3.05) is 29.6 Å². The molecule has 3 aromatic rings. The molecule has 0 N–H and O–H groups in total. The van der Waals surface area contributed by atoms with Gasteiger partial charge < -0.3 is 14.5 Å². The molecule has 2 fully saturated rings. The lowest BCUT2D eigenvalue weighted by Crippen LogP contribution is -2.46. The molecule has 3 aliphatic rings. The van der Waals surface area contributed by atoms with Crippen LogP contribution in [-0.4, -0.2) is 45.8 Å². The Labute approximate surface area is 190 Å². The molecule has 2 atom stereocenters. The van der Waals surface area contributed by atoms with E-state index in [0.717, 1.165) is 55.3 Å². The van der Waals surface area contributed by atoms with Gasteiger partial charge in [0.05, 0.1) is 43.2 Å². The summed E-state index contributed by atoms with van der Waals surface area (Å²) >= 11 is 2.30. The molecule has 1 aromatic carbocycles. The Morgan fingerprint density at radius 3 is 2.60 bits per heavy atom. The predicted octanol–water partition coefficient (Wildman–Crippen LogP) is 4.35. The highest BCUT2D eigenvalue weighted by atomic mass is 127. The molecular weight excluding hydrogens is 516 g/mol. The van der Waals surface area contributed by atoms with Gasteiger partial charge in [-0.05, 0) is 31.0 Å². The minimum Gasteiger partial charge on any atom is -0.377 e. The Morgan fingerprint density at radius 2 is 1.87 bits per heavy atom. The van der Waals surface area contributed by atoms with Gasteiger partial charge in [-0.25, -0.2) is 14.4 Å². The van der Waals surface area contributed by atoms with Crippen LogP contribution < -0.4 is 9.80 Å². The zero-order valence-corrected chi connectivity index (χ0v) is 19.3. The summed E-state index contributed by atoms with van der Waals surface area (Å²) in [5, 5.41) is 0.994. The van der Waals surface area contributed by atoms with E-state index in [-0.39, 0.29) is 5.82 Å². The van der Waals surface area contributed by atoms with Crippen LogP contribution in [0.1, 0.15) is 24.1 Å². The molecule has 2 bridgehead atoms. The topological polar surface area (TPSA) is 46.4 Å². The number of hydrogen-bond acceptors (Lipinski definition) is 6. The standard InChI is InChI=1S/C21H21FIN5OS/c22-13-1-4-18-16(7-13)17-10-26(6-5-19(17)28(18)30-23)20-8-25-21(9-24-20)27-14-2-3-15(27)12-29-11-14/h1,4,7-9,14-15H,2-3,5-6,10-12H2. The lowest BCUT2D eigenvalue weighted by molar-refractivity contribution is 0.0902. The van der Waals surface area contributed by atoms with Gasteiger partial charge >= 0.3 is 0 Å². The minimum atomic E-state index is -0.192. The summed E-state index contributed by atoms with van der Waals surface area (Å²) in [4.78, 5) is 14.2. The largest absolute Gasteiger partial charge is 0.377 e. The molecule has 0 radical (unpaired) electrons. The van der Waals surface area contributed by atoms with Gasteiger partial charge in [0, 0.05) is 66.5 Å². The van der Waals surface area contributed by atoms with Gasteiger partial charge in [-0.3, -0.25) is 3.97 Å². The van der Waals surface area contributed by atoms with Crippen LogP contribution in [0, 0.1) is 5.82 Å². The van der Waals surface area contributed by atoms with Crippen molar-refractivity contribution in [1.82, 2.24) is 13.9 Å². The third-order valence-electron chi connectivity index (χ3n) is 6.59. The average molecular weight is 537 g/mol. The van der Waals surface area contributed by atoms with E-state index in [1.165, 1.54) is 30.2 Å². The van der Waals surface area contributed by atoms with Crippen molar-refractivity contribution in [2.45, 2.75) is 37.9 Å². The Bertz CT molecular complexity index is 1090. The quantitative estimate of drug-likeness (QED) is 0.464. The van der Waals surface area contributed by atoms with E-state index in [2.05, 4.69) is 35.0 Å². The van der Waals surface area contributed by atoms with Crippen molar-refractivity contribution in [1.29, 1.82) is 0 Å². The zero-order chi connectivity index (χ0) is 20.2. The number of fused-ring (bicyclic) bond motifs is 5. The summed E-state index contributed by atoms with van der Waals surface area (Å²) in [6.07, 6.45) is 7.03. The highest BCUT2D eigenvalue weighted by Gasteiger charge is 2.38. The maximum absolute atomic E-state index is 14.0. The summed E-state index contributed by atoms with van der Waals surface area (Å²) in [6.45, 7) is 3.16. The van der Waals surface area contributed by atoms with Gasteiger partial charge in [0.1, 0.15) is 17.5 Å². The molecule has 9 heteroatoms. The Kier molecular flexibility index (Phi) is 4.80. The van der Waals surface area contributed by atoms with E-state index in [9.17, 15) is 4.39 Å². The van der Waals surface area contributed by atoms with Gasteiger partial charge in [-0.2, -0.15) is 0 Å². The molecule has 2 unspecified atom stereocenters. The molecule has 0 aliphatic carbocycles. The maximum Gasteiger partial charge on any atom is 0.147 e. The third kappa shape index (κ3) is 3.00. The summed E-state index contributed by atoms with van der Waals surface area (Å²) in [5.74, 6) is 1.64. The number of morpholine rings is 1. The highest BCUT2D eigenvalue weighted by Crippen LogP contribution is 2.37. The van der Waals surface area contributed by atoms with Gasteiger partial charge in [-0.1, -0.05) is 0 Å². The lowest BCUT2D eigenvalue weighted by atomic mass is 10.0. The number of nitrogens with zero attached hydrogens (tertiary/aromatic N) is 5. The molecule has 2 saturated heterocycles.